The molecular weight excluding hydrogens is 426 g/mol. The smallest absolute Gasteiger partial charge is 0.215 e. The number of methoxy groups -OCH3 is 1. The number of fused-ring (bicyclic) bond motifs is 1. The molecule has 0 N–H and O–H groups in total. The summed E-state index contributed by atoms with van der Waals surface area (Å²) in [7, 11) is 1.61. The summed E-state index contributed by atoms with van der Waals surface area (Å²) in [6.07, 6.45) is 8.31. The van der Waals surface area contributed by atoms with E-state index in [1.54, 1.807) is 38.0 Å². The lowest BCUT2D eigenvalue weighted by Crippen LogP contribution is -2.05. The summed E-state index contributed by atoms with van der Waals surface area (Å²) in [6.45, 7) is 0.599. The molecule has 0 saturated heterocycles. The van der Waals surface area contributed by atoms with Crippen molar-refractivity contribution in [1.82, 2.24) is 24.3 Å². The molecular formula is C24H18ClN5O2. The van der Waals surface area contributed by atoms with E-state index < -0.39 is 0 Å². The minimum atomic E-state index is -0.180. The molecule has 0 aliphatic rings. The highest BCUT2D eigenvalue weighted by Crippen LogP contribution is 2.28. The van der Waals surface area contributed by atoms with E-state index in [9.17, 15) is 4.79 Å². The lowest BCUT2D eigenvalue weighted by molar-refractivity contribution is 0.103. The summed E-state index contributed by atoms with van der Waals surface area (Å²) in [6, 6.07) is 15.1. The van der Waals surface area contributed by atoms with Gasteiger partial charge in [0.05, 0.1) is 13.3 Å². The van der Waals surface area contributed by atoms with Crippen LogP contribution in [-0.2, 0) is 6.54 Å². The summed E-state index contributed by atoms with van der Waals surface area (Å²) in [5.74, 6) is 1.04. The number of aromatic nitrogens is 5. The molecule has 32 heavy (non-hydrogen) atoms. The zero-order valence-electron chi connectivity index (χ0n) is 17.1. The van der Waals surface area contributed by atoms with E-state index in [0.717, 1.165) is 16.5 Å². The molecule has 158 valence electrons. The first kappa shape index (κ1) is 20.0. The van der Waals surface area contributed by atoms with Crippen molar-refractivity contribution in [2.24, 2.45) is 0 Å². The molecule has 0 radical (unpaired) electrons. The number of benzene rings is 2. The highest BCUT2D eigenvalue weighted by atomic mass is 35.5. The maximum atomic E-state index is 13.4. The summed E-state index contributed by atoms with van der Waals surface area (Å²) in [5, 5.41) is 5.91. The van der Waals surface area contributed by atoms with Crippen molar-refractivity contribution in [1.29, 1.82) is 0 Å². The third-order valence-electron chi connectivity index (χ3n) is 5.21. The molecule has 0 amide bonds. The van der Waals surface area contributed by atoms with Crippen LogP contribution in [-0.4, -0.2) is 37.2 Å². The largest absolute Gasteiger partial charge is 0.497 e. The molecule has 0 spiro atoms. The number of rotatable bonds is 6. The van der Waals surface area contributed by atoms with E-state index in [1.165, 1.54) is 4.68 Å². The zero-order chi connectivity index (χ0) is 22.1. The van der Waals surface area contributed by atoms with Crippen LogP contribution < -0.4 is 4.74 Å². The van der Waals surface area contributed by atoms with Crippen LogP contribution in [0.5, 0.6) is 5.75 Å². The molecule has 0 fully saturated rings. The number of ketones is 1. The molecule has 3 aromatic heterocycles. The lowest BCUT2D eigenvalue weighted by Gasteiger charge is -2.06. The number of hydrogen-bond donors (Lipinski definition) is 0. The van der Waals surface area contributed by atoms with E-state index in [2.05, 4.69) is 15.1 Å². The van der Waals surface area contributed by atoms with Gasteiger partial charge < -0.3 is 9.30 Å². The van der Waals surface area contributed by atoms with E-state index in [4.69, 9.17) is 16.3 Å². The molecule has 5 rings (SSSR count). The fourth-order valence-electron chi connectivity index (χ4n) is 3.62. The van der Waals surface area contributed by atoms with Crippen molar-refractivity contribution in [3.05, 3.63) is 101 Å². The Hall–Kier alpha value is -3.97. The van der Waals surface area contributed by atoms with Gasteiger partial charge in [-0.1, -0.05) is 23.7 Å². The van der Waals surface area contributed by atoms with Gasteiger partial charge in [-0.25, -0.2) is 9.67 Å². The van der Waals surface area contributed by atoms with E-state index in [0.29, 0.717) is 34.4 Å². The average Bonchev–Trinajstić information content (AvgIpc) is 3.46. The van der Waals surface area contributed by atoms with E-state index >= 15 is 0 Å². The Balaban J connectivity index is 1.56. The molecule has 0 saturated carbocycles. The quantitative estimate of drug-likeness (QED) is 0.360. The van der Waals surface area contributed by atoms with Crippen molar-refractivity contribution in [2.75, 3.05) is 7.11 Å². The van der Waals surface area contributed by atoms with Crippen LogP contribution in [0.25, 0.3) is 16.7 Å². The predicted molar refractivity (Wildman–Crippen MR) is 122 cm³/mol. The van der Waals surface area contributed by atoms with Gasteiger partial charge in [0.25, 0.3) is 0 Å². The number of nitrogens with zero attached hydrogens (tertiary/aromatic N) is 5. The summed E-state index contributed by atoms with van der Waals surface area (Å²) in [5.41, 5.74) is 2.88. The first-order chi connectivity index (χ1) is 15.6. The summed E-state index contributed by atoms with van der Waals surface area (Å²) in [4.78, 5) is 21.7. The van der Waals surface area contributed by atoms with Gasteiger partial charge in [0, 0.05) is 52.8 Å². The second-order valence-electron chi connectivity index (χ2n) is 7.22. The summed E-state index contributed by atoms with van der Waals surface area (Å²) >= 11 is 6.02. The number of hydrogen-bond acceptors (Lipinski definition) is 5. The van der Waals surface area contributed by atoms with Crippen molar-refractivity contribution >= 4 is 28.3 Å². The maximum absolute atomic E-state index is 13.4. The van der Waals surface area contributed by atoms with Gasteiger partial charge in [-0.15, -0.1) is 0 Å². The first-order valence-electron chi connectivity index (χ1n) is 9.90. The number of halogens is 1. The molecule has 0 bridgehead atoms. The van der Waals surface area contributed by atoms with Gasteiger partial charge in [-0.2, -0.15) is 5.10 Å². The van der Waals surface area contributed by atoms with Gasteiger partial charge in [0.1, 0.15) is 11.4 Å². The molecule has 2 aromatic carbocycles. The van der Waals surface area contributed by atoms with Crippen molar-refractivity contribution in [3.8, 4) is 11.6 Å². The number of carbonyl (C=O) groups excluding carboxylic acids is 1. The van der Waals surface area contributed by atoms with Gasteiger partial charge >= 0.3 is 0 Å². The molecule has 0 aliphatic carbocycles. The lowest BCUT2D eigenvalue weighted by atomic mass is 10.1. The van der Waals surface area contributed by atoms with Crippen LogP contribution in [0.2, 0.25) is 5.02 Å². The van der Waals surface area contributed by atoms with Gasteiger partial charge in [0.15, 0.2) is 5.82 Å². The van der Waals surface area contributed by atoms with Crippen LogP contribution in [0, 0.1) is 0 Å². The van der Waals surface area contributed by atoms with Crippen LogP contribution in [0.3, 0.4) is 0 Å². The maximum Gasteiger partial charge on any atom is 0.215 e. The van der Waals surface area contributed by atoms with Gasteiger partial charge in [-0.3, -0.25) is 9.78 Å². The van der Waals surface area contributed by atoms with Crippen molar-refractivity contribution in [3.63, 3.8) is 0 Å². The average molecular weight is 444 g/mol. The van der Waals surface area contributed by atoms with Gasteiger partial charge in [0.2, 0.25) is 5.78 Å². The van der Waals surface area contributed by atoms with Crippen LogP contribution >= 0.6 is 11.6 Å². The Morgan fingerprint density at radius 1 is 1.09 bits per heavy atom. The van der Waals surface area contributed by atoms with E-state index in [-0.39, 0.29) is 5.78 Å². The minimum absolute atomic E-state index is 0.180. The molecule has 0 atom stereocenters. The number of ether oxygens (including phenoxy) is 1. The third kappa shape index (κ3) is 3.74. The van der Waals surface area contributed by atoms with Crippen LogP contribution in [0.15, 0.2) is 79.5 Å². The zero-order valence-corrected chi connectivity index (χ0v) is 17.9. The normalized spacial score (nSPS) is 11.1. The highest BCUT2D eigenvalue weighted by molar-refractivity contribution is 6.30. The Bertz CT molecular complexity index is 1410. The van der Waals surface area contributed by atoms with Crippen LogP contribution in [0.1, 0.15) is 21.6 Å². The molecule has 7 nitrogen and oxygen atoms in total. The van der Waals surface area contributed by atoms with Crippen molar-refractivity contribution < 1.29 is 9.53 Å². The Morgan fingerprint density at radius 2 is 1.94 bits per heavy atom. The van der Waals surface area contributed by atoms with Gasteiger partial charge in [-0.05, 0) is 42.0 Å². The SMILES string of the molecule is COc1ccc2c(c1)c(C(=O)c1ccn(-c3cnccn3)n1)cn2Cc1ccc(Cl)cc1. The second-order valence-corrected chi connectivity index (χ2v) is 7.65. The monoisotopic (exact) mass is 443 g/mol. The molecule has 5 aromatic rings. The highest BCUT2D eigenvalue weighted by Gasteiger charge is 2.20. The minimum Gasteiger partial charge on any atom is -0.497 e. The Kier molecular flexibility index (Phi) is 5.17. The first-order valence-corrected chi connectivity index (χ1v) is 10.3. The molecule has 0 aliphatic heterocycles. The topological polar surface area (TPSA) is 74.8 Å². The standard InChI is InChI=1S/C24H18ClN5O2/c1-32-18-6-7-22-19(12-18)20(15-29(22)14-16-2-4-17(25)5-3-16)24(31)21-8-11-30(28-21)23-13-26-9-10-27-23/h2-13,15H,14H2,1H3. The third-order valence-corrected chi connectivity index (χ3v) is 5.46. The van der Waals surface area contributed by atoms with Crippen molar-refractivity contribution in [2.45, 2.75) is 6.54 Å². The number of carbonyl (C=O) groups is 1. The molecule has 3 heterocycles. The Morgan fingerprint density at radius 3 is 2.69 bits per heavy atom. The molecule has 0 unspecified atom stereocenters. The Labute approximate surface area is 188 Å². The van der Waals surface area contributed by atoms with Crippen LogP contribution in [0.4, 0.5) is 0 Å². The fourth-order valence-corrected chi connectivity index (χ4v) is 3.75. The fraction of sp³-hybridized carbons (Fsp3) is 0.0833. The van der Waals surface area contributed by atoms with E-state index in [1.807, 2.05) is 53.2 Å². The summed E-state index contributed by atoms with van der Waals surface area (Å²) < 4.78 is 8.98. The predicted octanol–water partition coefficient (Wildman–Crippen LogP) is 4.56. The molecule has 8 heteroatoms. The second kappa shape index (κ2) is 8.28.